The maximum Gasteiger partial charge on any atom is 0.255 e. The summed E-state index contributed by atoms with van der Waals surface area (Å²) in [5, 5.41) is 0. The standard InChI is InChI=1S/C23H24INO6/c1-2-29-18-10-12(9-13(24)23(18)30-11-19(25)28)20-21-14(26)5-3-7-16(21)31-17-8-4-6-15(27)22(17)20/h9-10,20H,2-8,11H2,1H3,(H2,25,28). The fourth-order valence-corrected chi connectivity index (χ4v) is 5.23. The highest BCUT2D eigenvalue weighted by Gasteiger charge is 2.42. The van der Waals surface area contributed by atoms with E-state index in [1.54, 1.807) is 6.07 Å². The van der Waals surface area contributed by atoms with Gasteiger partial charge in [-0.3, -0.25) is 14.4 Å². The quantitative estimate of drug-likeness (QED) is 0.556. The summed E-state index contributed by atoms with van der Waals surface area (Å²) in [6.07, 6.45) is 3.79. The molecule has 0 atom stereocenters. The van der Waals surface area contributed by atoms with Crippen molar-refractivity contribution < 1.29 is 28.6 Å². The van der Waals surface area contributed by atoms with Gasteiger partial charge in [0.1, 0.15) is 11.5 Å². The van der Waals surface area contributed by atoms with E-state index in [4.69, 9.17) is 19.9 Å². The van der Waals surface area contributed by atoms with Crippen molar-refractivity contribution in [2.45, 2.75) is 51.4 Å². The molecule has 0 fully saturated rings. The second kappa shape index (κ2) is 9.02. The molecule has 0 aromatic heterocycles. The molecule has 0 bridgehead atoms. The predicted octanol–water partition coefficient (Wildman–Crippen LogP) is 3.68. The molecule has 1 amide bonds. The van der Waals surface area contributed by atoms with Gasteiger partial charge in [-0.15, -0.1) is 0 Å². The van der Waals surface area contributed by atoms with Crippen LogP contribution in [-0.4, -0.2) is 30.7 Å². The van der Waals surface area contributed by atoms with Crippen molar-refractivity contribution in [2.75, 3.05) is 13.2 Å². The van der Waals surface area contributed by atoms with Gasteiger partial charge in [0.2, 0.25) is 0 Å². The number of rotatable bonds is 6. The van der Waals surface area contributed by atoms with Crippen LogP contribution >= 0.6 is 22.6 Å². The molecule has 8 heteroatoms. The largest absolute Gasteiger partial charge is 0.490 e. The molecule has 0 saturated carbocycles. The minimum atomic E-state index is -0.586. The summed E-state index contributed by atoms with van der Waals surface area (Å²) in [5.41, 5.74) is 7.19. The van der Waals surface area contributed by atoms with Crippen LogP contribution in [0.3, 0.4) is 0 Å². The molecule has 164 valence electrons. The van der Waals surface area contributed by atoms with Gasteiger partial charge in [0.15, 0.2) is 29.7 Å². The minimum Gasteiger partial charge on any atom is -0.490 e. The molecule has 2 N–H and O–H groups in total. The van der Waals surface area contributed by atoms with Crippen molar-refractivity contribution in [2.24, 2.45) is 5.73 Å². The minimum absolute atomic E-state index is 0.0261. The van der Waals surface area contributed by atoms with E-state index in [2.05, 4.69) is 22.6 Å². The average Bonchev–Trinajstić information content (AvgIpc) is 2.72. The molecule has 4 rings (SSSR count). The van der Waals surface area contributed by atoms with Gasteiger partial charge in [-0.25, -0.2) is 0 Å². The Kier molecular flexibility index (Phi) is 6.36. The first-order valence-electron chi connectivity index (χ1n) is 10.5. The van der Waals surface area contributed by atoms with Gasteiger partial charge in [-0.2, -0.15) is 0 Å². The third-order valence-corrected chi connectivity index (χ3v) is 6.47. The highest BCUT2D eigenvalue weighted by atomic mass is 127. The van der Waals surface area contributed by atoms with E-state index in [9.17, 15) is 14.4 Å². The zero-order chi connectivity index (χ0) is 22.1. The summed E-state index contributed by atoms with van der Waals surface area (Å²) in [5.74, 6) is 1.25. The highest BCUT2D eigenvalue weighted by Crippen LogP contribution is 2.49. The van der Waals surface area contributed by atoms with E-state index in [0.717, 1.165) is 18.4 Å². The number of allylic oxidation sites excluding steroid dienone is 4. The number of Topliss-reactive ketones (excluding diaryl/α,β-unsaturated/α-hetero) is 2. The molecule has 3 aliphatic rings. The molecular formula is C23H24INO6. The summed E-state index contributed by atoms with van der Waals surface area (Å²) in [6, 6.07) is 3.69. The van der Waals surface area contributed by atoms with Crippen molar-refractivity contribution in [1.82, 2.24) is 0 Å². The van der Waals surface area contributed by atoms with Gasteiger partial charge in [0.05, 0.1) is 10.2 Å². The number of primary amides is 1. The van der Waals surface area contributed by atoms with E-state index in [1.807, 2.05) is 13.0 Å². The fourth-order valence-electron chi connectivity index (χ4n) is 4.45. The molecule has 1 heterocycles. The number of amides is 1. The SMILES string of the molecule is CCOc1cc(C2C3=C(CCCC3=O)OC3=C2C(=O)CCC3)cc(I)c1OCC(N)=O. The molecule has 2 aliphatic carbocycles. The van der Waals surface area contributed by atoms with Crippen LogP contribution in [0.15, 0.2) is 34.8 Å². The Balaban J connectivity index is 1.86. The van der Waals surface area contributed by atoms with Crippen molar-refractivity contribution in [1.29, 1.82) is 0 Å². The Morgan fingerprint density at radius 1 is 1.06 bits per heavy atom. The second-order valence-electron chi connectivity index (χ2n) is 7.78. The number of ether oxygens (including phenoxy) is 3. The lowest BCUT2D eigenvalue weighted by Gasteiger charge is -2.36. The number of carbonyl (C=O) groups is 3. The monoisotopic (exact) mass is 537 g/mol. The molecule has 31 heavy (non-hydrogen) atoms. The molecular weight excluding hydrogens is 513 g/mol. The Bertz CT molecular complexity index is 983. The van der Waals surface area contributed by atoms with Crippen LogP contribution in [0, 0.1) is 3.57 Å². The second-order valence-corrected chi connectivity index (χ2v) is 8.94. The number of halogens is 1. The lowest BCUT2D eigenvalue weighted by Crippen LogP contribution is -2.30. The molecule has 0 radical (unpaired) electrons. The molecule has 7 nitrogen and oxygen atoms in total. The van der Waals surface area contributed by atoms with Gasteiger partial charge in [-0.05, 0) is 60.1 Å². The van der Waals surface area contributed by atoms with Gasteiger partial charge in [-0.1, -0.05) is 0 Å². The lowest BCUT2D eigenvalue weighted by atomic mass is 9.73. The van der Waals surface area contributed by atoms with E-state index in [-0.39, 0.29) is 18.2 Å². The summed E-state index contributed by atoms with van der Waals surface area (Å²) in [6.45, 7) is 1.97. The van der Waals surface area contributed by atoms with E-state index >= 15 is 0 Å². The van der Waals surface area contributed by atoms with Crippen LogP contribution < -0.4 is 15.2 Å². The van der Waals surface area contributed by atoms with Gasteiger partial charge >= 0.3 is 0 Å². The first-order valence-corrected chi connectivity index (χ1v) is 11.6. The third-order valence-electron chi connectivity index (χ3n) is 5.66. The normalized spacial score (nSPS) is 19.0. The first kappa shape index (κ1) is 21.9. The van der Waals surface area contributed by atoms with Crippen LogP contribution in [0.1, 0.15) is 56.9 Å². The topological polar surface area (TPSA) is 105 Å². The summed E-state index contributed by atoms with van der Waals surface area (Å²) in [7, 11) is 0. The maximum absolute atomic E-state index is 13.0. The summed E-state index contributed by atoms with van der Waals surface area (Å²) < 4.78 is 18.2. The maximum atomic E-state index is 13.0. The Morgan fingerprint density at radius 3 is 2.23 bits per heavy atom. The number of hydrogen-bond donors (Lipinski definition) is 1. The number of hydrogen-bond acceptors (Lipinski definition) is 6. The lowest BCUT2D eigenvalue weighted by molar-refractivity contribution is -0.120. The van der Waals surface area contributed by atoms with Crippen LogP contribution in [0.2, 0.25) is 0 Å². The van der Waals surface area contributed by atoms with E-state index in [0.29, 0.717) is 70.0 Å². The summed E-state index contributed by atoms with van der Waals surface area (Å²) in [4.78, 5) is 37.1. The number of carbonyl (C=O) groups excluding carboxylic acids is 3. The van der Waals surface area contributed by atoms with Crippen LogP contribution in [0.4, 0.5) is 0 Å². The van der Waals surface area contributed by atoms with Crippen LogP contribution in [0.25, 0.3) is 0 Å². The molecule has 0 saturated heterocycles. The van der Waals surface area contributed by atoms with Crippen LogP contribution in [-0.2, 0) is 19.1 Å². The first-order chi connectivity index (χ1) is 14.9. The highest BCUT2D eigenvalue weighted by molar-refractivity contribution is 14.1. The average molecular weight is 537 g/mol. The zero-order valence-electron chi connectivity index (χ0n) is 17.3. The predicted molar refractivity (Wildman–Crippen MR) is 121 cm³/mol. The van der Waals surface area contributed by atoms with E-state index in [1.165, 1.54) is 0 Å². The van der Waals surface area contributed by atoms with Gasteiger partial charge in [0, 0.05) is 42.7 Å². The fraction of sp³-hybridized carbons (Fsp3) is 0.435. The van der Waals surface area contributed by atoms with Gasteiger partial charge < -0.3 is 19.9 Å². The Hall–Kier alpha value is -2.36. The number of benzene rings is 1. The van der Waals surface area contributed by atoms with Crippen molar-refractivity contribution >= 4 is 40.1 Å². The van der Waals surface area contributed by atoms with Crippen LogP contribution in [0.5, 0.6) is 11.5 Å². The molecule has 0 unspecified atom stereocenters. The van der Waals surface area contributed by atoms with Crippen molar-refractivity contribution in [3.05, 3.63) is 43.9 Å². The summed E-state index contributed by atoms with van der Waals surface area (Å²) >= 11 is 2.11. The third kappa shape index (κ3) is 4.22. The molecule has 1 aromatic carbocycles. The number of nitrogens with two attached hydrogens (primary N) is 1. The van der Waals surface area contributed by atoms with Crippen molar-refractivity contribution in [3.63, 3.8) is 0 Å². The Morgan fingerprint density at radius 2 is 1.68 bits per heavy atom. The molecule has 1 aliphatic heterocycles. The zero-order valence-corrected chi connectivity index (χ0v) is 19.5. The Labute approximate surface area is 194 Å². The molecule has 0 spiro atoms. The smallest absolute Gasteiger partial charge is 0.255 e. The van der Waals surface area contributed by atoms with E-state index < -0.39 is 11.8 Å². The van der Waals surface area contributed by atoms with Crippen molar-refractivity contribution in [3.8, 4) is 11.5 Å². The van der Waals surface area contributed by atoms with Gasteiger partial charge in [0.25, 0.3) is 5.91 Å². The number of ketones is 2. The molecule has 1 aromatic rings.